The Labute approximate surface area is 181 Å². The normalized spacial score (nSPS) is 30.9. The first-order chi connectivity index (χ1) is 13.5. The first-order valence-corrected chi connectivity index (χ1v) is 12.3. The summed E-state index contributed by atoms with van der Waals surface area (Å²) in [4.78, 5) is 0. The van der Waals surface area contributed by atoms with Gasteiger partial charge in [0.1, 0.15) is 5.82 Å². The minimum atomic E-state index is 0.500. The summed E-state index contributed by atoms with van der Waals surface area (Å²) in [6, 6.07) is 5.84. The molecule has 1 aromatic carbocycles. The molecule has 0 saturated heterocycles. The Morgan fingerprint density at radius 2 is 1.71 bits per heavy atom. The van der Waals surface area contributed by atoms with E-state index in [1.54, 1.807) is 11.8 Å². The molecule has 0 atom stereocenters. The zero-order chi connectivity index (χ0) is 19.3. The van der Waals surface area contributed by atoms with Crippen molar-refractivity contribution < 1.29 is 0 Å². The van der Waals surface area contributed by atoms with Gasteiger partial charge in [0.2, 0.25) is 0 Å². The molecule has 4 aliphatic carbocycles. The molecule has 150 valence electrons. The minimum absolute atomic E-state index is 0.500. The quantitative estimate of drug-likeness (QED) is 0.475. The Balaban J connectivity index is 1.31. The van der Waals surface area contributed by atoms with E-state index in [0.717, 1.165) is 47.2 Å². The molecule has 0 aliphatic heterocycles. The third-order valence-electron chi connectivity index (χ3n) is 7.16. The number of hydrogen-bond donors (Lipinski definition) is 0. The summed E-state index contributed by atoms with van der Waals surface area (Å²) >= 11 is 13.9. The van der Waals surface area contributed by atoms with Crippen molar-refractivity contribution in [1.82, 2.24) is 14.8 Å². The van der Waals surface area contributed by atoms with Gasteiger partial charge in [-0.3, -0.25) is 0 Å². The highest BCUT2D eigenvalue weighted by Crippen LogP contribution is 2.61. The molecule has 6 heteroatoms. The zero-order valence-electron chi connectivity index (χ0n) is 16.3. The summed E-state index contributed by atoms with van der Waals surface area (Å²) in [6.45, 7) is 3.13. The van der Waals surface area contributed by atoms with E-state index in [2.05, 4.69) is 21.7 Å². The van der Waals surface area contributed by atoms with Gasteiger partial charge in [-0.2, -0.15) is 0 Å². The van der Waals surface area contributed by atoms with Crippen molar-refractivity contribution in [2.75, 3.05) is 0 Å². The lowest BCUT2D eigenvalue weighted by atomic mass is 9.49. The maximum Gasteiger partial charge on any atom is 0.191 e. The Bertz CT molecular complexity index is 843. The van der Waals surface area contributed by atoms with E-state index >= 15 is 0 Å². The molecule has 4 saturated carbocycles. The van der Waals surface area contributed by atoms with Gasteiger partial charge in [0.05, 0.1) is 10.0 Å². The highest BCUT2D eigenvalue weighted by atomic mass is 35.5. The Morgan fingerprint density at radius 3 is 2.32 bits per heavy atom. The molecule has 1 heterocycles. The van der Waals surface area contributed by atoms with Crippen molar-refractivity contribution in [3.8, 4) is 0 Å². The molecule has 2 aromatic rings. The number of nitrogens with zero attached hydrogens (tertiary/aromatic N) is 3. The van der Waals surface area contributed by atoms with E-state index in [1.807, 2.05) is 18.2 Å². The second kappa shape index (κ2) is 7.52. The van der Waals surface area contributed by atoms with Crippen LogP contribution in [0.3, 0.4) is 0 Å². The van der Waals surface area contributed by atoms with Gasteiger partial charge in [0.25, 0.3) is 0 Å². The molecule has 4 aliphatic rings. The van der Waals surface area contributed by atoms with Crippen molar-refractivity contribution in [2.45, 2.75) is 69.3 Å². The summed E-state index contributed by atoms with van der Waals surface area (Å²) in [5, 5.41) is 11.4. The van der Waals surface area contributed by atoms with Crippen LogP contribution in [0, 0.1) is 23.2 Å². The lowest BCUT2D eigenvalue weighted by Crippen LogP contribution is -2.47. The Hall–Kier alpha value is -0.710. The SMILES string of the molecule is CCn1c(CC23CC4CC(CC(C4)C2)C3)nnc1SCc1ccc(Cl)c(Cl)c1. The molecule has 0 amide bonds. The molecule has 28 heavy (non-hydrogen) atoms. The van der Waals surface area contributed by atoms with Crippen molar-refractivity contribution in [2.24, 2.45) is 23.2 Å². The molecule has 0 N–H and O–H groups in total. The lowest BCUT2D eigenvalue weighted by Gasteiger charge is -2.56. The first-order valence-electron chi connectivity index (χ1n) is 10.5. The second-order valence-corrected chi connectivity index (χ2v) is 11.0. The van der Waals surface area contributed by atoms with Crippen molar-refractivity contribution in [1.29, 1.82) is 0 Å². The molecule has 4 fully saturated rings. The number of aromatic nitrogens is 3. The van der Waals surface area contributed by atoms with Crippen LogP contribution < -0.4 is 0 Å². The van der Waals surface area contributed by atoms with Gasteiger partial charge in [-0.1, -0.05) is 41.0 Å². The van der Waals surface area contributed by atoms with Crippen LogP contribution in [0.2, 0.25) is 10.0 Å². The van der Waals surface area contributed by atoms with E-state index in [4.69, 9.17) is 23.2 Å². The van der Waals surface area contributed by atoms with E-state index in [0.29, 0.717) is 15.5 Å². The maximum atomic E-state index is 6.16. The van der Waals surface area contributed by atoms with Crippen LogP contribution in [0.15, 0.2) is 23.4 Å². The Morgan fingerprint density at radius 1 is 1.04 bits per heavy atom. The van der Waals surface area contributed by atoms with E-state index in [-0.39, 0.29) is 0 Å². The van der Waals surface area contributed by atoms with Crippen LogP contribution in [0.1, 0.15) is 56.8 Å². The molecule has 0 radical (unpaired) electrons. The van der Waals surface area contributed by atoms with Gasteiger partial charge < -0.3 is 4.57 Å². The number of halogens is 2. The topological polar surface area (TPSA) is 30.7 Å². The molecule has 0 unspecified atom stereocenters. The van der Waals surface area contributed by atoms with Crippen molar-refractivity contribution in [3.63, 3.8) is 0 Å². The summed E-state index contributed by atoms with van der Waals surface area (Å²) in [7, 11) is 0. The number of benzene rings is 1. The fourth-order valence-corrected chi connectivity index (χ4v) is 7.78. The summed E-state index contributed by atoms with van der Waals surface area (Å²) in [5.41, 5.74) is 1.66. The molecule has 1 aromatic heterocycles. The smallest absolute Gasteiger partial charge is 0.191 e. The van der Waals surface area contributed by atoms with Crippen LogP contribution in [-0.4, -0.2) is 14.8 Å². The standard InChI is InChI=1S/C22H27Cl2N3S/c1-2-27-20(12-22-9-15-5-16(10-22)7-17(6-15)11-22)25-26-21(27)28-13-14-3-4-18(23)19(24)8-14/h3-4,8,15-17H,2,5-7,9-13H2,1H3. The van der Waals surface area contributed by atoms with E-state index < -0.39 is 0 Å². The minimum Gasteiger partial charge on any atom is -0.306 e. The van der Waals surface area contributed by atoms with E-state index in [9.17, 15) is 0 Å². The number of rotatable bonds is 6. The molecule has 3 nitrogen and oxygen atoms in total. The van der Waals surface area contributed by atoms with Gasteiger partial charge in [0.15, 0.2) is 5.16 Å². The fraction of sp³-hybridized carbons (Fsp3) is 0.636. The fourth-order valence-electron chi connectivity index (χ4n) is 6.49. The van der Waals surface area contributed by atoms with Crippen LogP contribution in [0.4, 0.5) is 0 Å². The van der Waals surface area contributed by atoms with Gasteiger partial charge in [-0.15, -0.1) is 10.2 Å². The molecule has 4 bridgehead atoms. The highest BCUT2D eigenvalue weighted by molar-refractivity contribution is 7.98. The average Bonchev–Trinajstić information content (AvgIpc) is 3.02. The number of thioether (sulfide) groups is 1. The lowest BCUT2D eigenvalue weighted by molar-refractivity contribution is -0.0536. The van der Waals surface area contributed by atoms with Crippen LogP contribution in [0.25, 0.3) is 0 Å². The number of hydrogen-bond acceptors (Lipinski definition) is 3. The van der Waals surface area contributed by atoms with Crippen LogP contribution >= 0.6 is 35.0 Å². The molecule has 0 spiro atoms. The predicted octanol–water partition coefficient (Wildman–Crippen LogP) is 6.66. The summed E-state index contributed by atoms with van der Waals surface area (Å²) < 4.78 is 2.33. The maximum absolute atomic E-state index is 6.16. The first kappa shape index (κ1) is 19.3. The Kier molecular flexibility index (Phi) is 5.17. The van der Waals surface area contributed by atoms with Gasteiger partial charge >= 0.3 is 0 Å². The van der Waals surface area contributed by atoms with Crippen molar-refractivity contribution in [3.05, 3.63) is 39.6 Å². The largest absolute Gasteiger partial charge is 0.306 e. The van der Waals surface area contributed by atoms with Gasteiger partial charge in [0, 0.05) is 18.7 Å². The molecular formula is C22H27Cl2N3S. The molecule has 6 rings (SSSR count). The monoisotopic (exact) mass is 435 g/mol. The average molecular weight is 436 g/mol. The zero-order valence-corrected chi connectivity index (χ0v) is 18.7. The third kappa shape index (κ3) is 3.61. The van der Waals surface area contributed by atoms with Crippen LogP contribution in [0.5, 0.6) is 0 Å². The van der Waals surface area contributed by atoms with Crippen molar-refractivity contribution >= 4 is 35.0 Å². The van der Waals surface area contributed by atoms with Gasteiger partial charge in [-0.05, 0) is 86.3 Å². The summed E-state index contributed by atoms with van der Waals surface area (Å²) in [6.07, 6.45) is 9.84. The van der Waals surface area contributed by atoms with E-state index in [1.165, 1.54) is 44.3 Å². The van der Waals surface area contributed by atoms with Gasteiger partial charge in [-0.25, -0.2) is 0 Å². The predicted molar refractivity (Wildman–Crippen MR) is 116 cm³/mol. The summed E-state index contributed by atoms with van der Waals surface area (Å²) in [5.74, 6) is 4.96. The third-order valence-corrected chi connectivity index (χ3v) is 8.94. The highest BCUT2D eigenvalue weighted by Gasteiger charge is 2.51. The van der Waals surface area contributed by atoms with Crippen LogP contribution in [-0.2, 0) is 18.7 Å². The second-order valence-electron chi connectivity index (χ2n) is 9.27. The molecular weight excluding hydrogens is 409 g/mol.